The molecule has 0 aromatic heterocycles. The van der Waals surface area contributed by atoms with Gasteiger partial charge in [0.1, 0.15) is 0 Å². The van der Waals surface area contributed by atoms with E-state index in [0.29, 0.717) is 11.6 Å². The van der Waals surface area contributed by atoms with E-state index in [9.17, 15) is 21.6 Å². The molecule has 3 N–H and O–H groups in total. The van der Waals surface area contributed by atoms with Crippen molar-refractivity contribution in [3.05, 3.63) is 52.5 Å². The van der Waals surface area contributed by atoms with Gasteiger partial charge in [-0.05, 0) is 55.2 Å². The van der Waals surface area contributed by atoms with Gasteiger partial charge in [0, 0.05) is 36.0 Å². The predicted molar refractivity (Wildman–Crippen MR) is 108 cm³/mol. The molecule has 1 aliphatic rings. The molecule has 1 unspecified atom stereocenters. The highest BCUT2D eigenvalue weighted by Gasteiger charge is 2.36. The SMILES string of the molecule is Cc1ccc(Cl)cc1N1CCC(CNc2ccc(S(N)(=O)=O)c(C(F)(F)F)c2)C1. The second-order valence-electron chi connectivity index (χ2n) is 7.17. The van der Waals surface area contributed by atoms with E-state index in [0.717, 1.165) is 42.9 Å². The highest BCUT2D eigenvalue weighted by Crippen LogP contribution is 2.36. The lowest BCUT2D eigenvalue weighted by Crippen LogP contribution is -2.23. The number of aryl methyl sites for hydroxylation is 1. The number of sulfonamides is 1. The van der Waals surface area contributed by atoms with Gasteiger partial charge in [0.2, 0.25) is 10.0 Å². The summed E-state index contributed by atoms with van der Waals surface area (Å²) in [6.07, 6.45) is -3.95. The molecule has 0 bridgehead atoms. The highest BCUT2D eigenvalue weighted by molar-refractivity contribution is 7.89. The van der Waals surface area contributed by atoms with Crippen LogP contribution in [0.2, 0.25) is 5.02 Å². The Morgan fingerprint density at radius 1 is 1.24 bits per heavy atom. The lowest BCUT2D eigenvalue weighted by molar-refractivity contribution is -0.139. The Labute approximate surface area is 172 Å². The molecule has 0 spiro atoms. The van der Waals surface area contributed by atoms with E-state index in [-0.39, 0.29) is 11.6 Å². The van der Waals surface area contributed by atoms with Gasteiger partial charge in [-0.15, -0.1) is 0 Å². The van der Waals surface area contributed by atoms with Crippen LogP contribution in [0.15, 0.2) is 41.3 Å². The Morgan fingerprint density at radius 2 is 1.97 bits per heavy atom. The number of hydrogen-bond donors (Lipinski definition) is 2. The maximum atomic E-state index is 13.2. The van der Waals surface area contributed by atoms with Gasteiger partial charge in [0.15, 0.2) is 0 Å². The monoisotopic (exact) mass is 447 g/mol. The van der Waals surface area contributed by atoms with Crippen LogP contribution in [0.25, 0.3) is 0 Å². The van der Waals surface area contributed by atoms with Crippen molar-refractivity contribution in [3.8, 4) is 0 Å². The smallest absolute Gasteiger partial charge is 0.385 e. The number of rotatable bonds is 5. The zero-order valence-corrected chi connectivity index (χ0v) is 17.2. The lowest BCUT2D eigenvalue weighted by atomic mass is 10.1. The summed E-state index contributed by atoms with van der Waals surface area (Å²) in [6.45, 7) is 4.03. The number of nitrogens with zero attached hydrogens (tertiary/aromatic N) is 1. The number of halogens is 4. The molecule has 2 aromatic rings. The average molecular weight is 448 g/mol. The minimum Gasteiger partial charge on any atom is -0.385 e. The molecule has 3 rings (SSSR count). The summed E-state index contributed by atoms with van der Waals surface area (Å²) in [6, 6.07) is 8.66. The Morgan fingerprint density at radius 3 is 2.62 bits per heavy atom. The minimum absolute atomic E-state index is 0.196. The largest absolute Gasteiger partial charge is 0.417 e. The van der Waals surface area contributed by atoms with Gasteiger partial charge in [-0.2, -0.15) is 13.2 Å². The third kappa shape index (κ3) is 5.15. The van der Waals surface area contributed by atoms with Gasteiger partial charge in [-0.3, -0.25) is 0 Å². The third-order valence-corrected chi connectivity index (χ3v) is 6.19. The fourth-order valence-corrected chi connectivity index (χ4v) is 4.42. The molecule has 0 radical (unpaired) electrons. The van der Waals surface area contributed by atoms with Gasteiger partial charge < -0.3 is 10.2 Å². The van der Waals surface area contributed by atoms with E-state index in [4.69, 9.17) is 16.7 Å². The van der Waals surface area contributed by atoms with Crippen molar-refractivity contribution in [1.82, 2.24) is 0 Å². The molecule has 5 nitrogen and oxygen atoms in total. The first-order valence-electron chi connectivity index (χ1n) is 8.94. The number of nitrogens with one attached hydrogen (secondary N) is 1. The maximum Gasteiger partial charge on any atom is 0.417 e. The number of primary sulfonamides is 1. The van der Waals surface area contributed by atoms with Crippen molar-refractivity contribution in [1.29, 1.82) is 0 Å². The first kappa shape index (κ1) is 21.7. The summed E-state index contributed by atoms with van der Waals surface area (Å²) in [5.74, 6) is 0.223. The summed E-state index contributed by atoms with van der Waals surface area (Å²) in [7, 11) is -4.47. The highest BCUT2D eigenvalue weighted by atomic mass is 35.5. The van der Waals surface area contributed by atoms with E-state index in [2.05, 4.69) is 10.2 Å². The zero-order chi connectivity index (χ0) is 21.4. The zero-order valence-electron chi connectivity index (χ0n) is 15.6. The van der Waals surface area contributed by atoms with Crippen molar-refractivity contribution in [2.24, 2.45) is 11.1 Å². The molecule has 2 aromatic carbocycles. The van der Waals surface area contributed by atoms with Crippen LogP contribution in [0.1, 0.15) is 17.5 Å². The second-order valence-corrected chi connectivity index (χ2v) is 9.13. The van der Waals surface area contributed by atoms with Crippen LogP contribution in [0.4, 0.5) is 24.5 Å². The second kappa shape index (κ2) is 8.04. The van der Waals surface area contributed by atoms with Crippen molar-refractivity contribution >= 4 is 33.0 Å². The molecule has 29 heavy (non-hydrogen) atoms. The summed E-state index contributed by atoms with van der Waals surface area (Å²) in [5.41, 5.74) is 1.09. The van der Waals surface area contributed by atoms with Crippen molar-refractivity contribution in [2.75, 3.05) is 29.9 Å². The van der Waals surface area contributed by atoms with E-state index in [1.54, 1.807) is 0 Å². The van der Waals surface area contributed by atoms with E-state index < -0.39 is 26.7 Å². The maximum absolute atomic E-state index is 13.2. The summed E-state index contributed by atoms with van der Waals surface area (Å²) in [5, 5.41) is 8.55. The number of anilines is 2. The van der Waals surface area contributed by atoms with Crippen LogP contribution in [0.5, 0.6) is 0 Å². The van der Waals surface area contributed by atoms with Gasteiger partial charge in [0.05, 0.1) is 10.5 Å². The molecule has 0 amide bonds. The van der Waals surface area contributed by atoms with Crippen LogP contribution in [-0.2, 0) is 16.2 Å². The van der Waals surface area contributed by atoms with E-state index in [1.807, 2.05) is 25.1 Å². The van der Waals surface area contributed by atoms with Crippen LogP contribution < -0.4 is 15.4 Å². The molecular formula is C19H21ClF3N3O2S. The molecule has 1 saturated heterocycles. The van der Waals surface area contributed by atoms with Gasteiger partial charge in [0.25, 0.3) is 0 Å². The fraction of sp³-hybridized carbons (Fsp3) is 0.368. The molecule has 1 atom stereocenters. The Bertz CT molecular complexity index is 1010. The van der Waals surface area contributed by atoms with Crippen LogP contribution in [0, 0.1) is 12.8 Å². The van der Waals surface area contributed by atoms with Gasteiger partial charge >= 0.3 is 6.18 Å². The lowest BCUT2D eigenvalue weighted by Gasteiger charge is -2.21. The molecule has 1 aliphatic heterocycles. The Hall–Kier alpha value is -1.97. The number of alkyl halides is 3. The summed E-state index contributed by atoms with van der Waals surface area (Å²) < 4.78 is 62.6. The normalized spacial score (nSPS) is 17.6. The van der Waals surface area contributed by atoms with E-state index >= 15 is 0 Å². The fourth-order valence-electron chi connectivity index (χ4n) is 3.51. The molecule has 0 aliphatic carbocycles. The van der Waals surface area contributed by atoms with Crippen molar-refractivity contribution in [2.45, 2.75) is 24.4 Å². The minimum atomic E-state index is -4.83. The Kier molecular flexibility index (Phi) is 6.03. The van der Waals surface area contributed by atoms with Crippen molar-refractivity contribution < 1.29 is 21.6 Å². The Balaban J connectivity index is 1.70. The number of hydrogen-bond acceptors (Lipinski definition) is 4. The molecule has 158 valence electrons. The van der Waals surface area contributed by atoms with E-state index in [1.165, 1.54) is 6.07 Å². The van der Waals surface area contributed by atoms with Crippen LogP contribution >= 0.6 is 11.6 Å². The topological polar surface area (TPSA) is 75.4 Å². The number of benzene rings is 2. The average Bonchev–Trinajstić information content (AvgIpc) is 3.09. The van der Waals surface area contributed by atoms with Gasteiger partial charge in [-0.25, -0.2) is 13.6 Å². The number of nitrogens with two attached hydrogens (primary N) is 1. The standard InChI is InChI=1S/C19H21ClF3N3O2S/c1-12-2-3-14(20)8-17(12)26-7-6-13(11-26)10-25-15-4-5-18(29(24,27)28)16(9-15)19(21,22)23/h2-5,8-9,13,25H,6-7,10-11H2,1H3,(H2,24,27,28). The van der Waals surface area contributed by atoms with Gasteiger partial charge in [-0.1, -0.05) is 17.7 Å². The molecule has 0 saturated carbocycles. The van der Waals surface area contributed by atoms with Crippen LogP contribution in [-0.4, -0.2) is 28.1 Å². The molecule has 1 heterocycles. The summed E-state index contributed by atoms with van der Waals surface area (Å²) >= 11 is 6.09. The third-order valence-electron chi connectivity index (χ3n) is 4.98. The first-order valence-corrected chi connectivity index (χ1v) is 10.9. The van der Waals surface area contributed by atoms with Crippen LogP contribution in [0.3, 0.4) is 0 Å². The molecular weight excluding hydrogens is 427 g/mol. The first-order chi connectivity index (χ1) is 13.4. The quantitative estimate of drug-likeness (QED) is 0.718. The summed E-state index contributed by atoms with van der Waals surface area (Å²) in [4.78, 5) is 1.28. The molecule has 10 heteroatoms. The molecule has 1 fully saturated rings. The predicted octanol–water partition coefficient (Wildman–Crippen LogP) is 4.25. The van der Waals surface area contributed by atoms with Crippen molar-refractivity contribution in [3.63, 3.8) is 0 Å².